The average molecular weight is 327 g/mol. The Labute approximate surface area is 119 Å². The Balaban J connectivity index is 2.07. The molecule has 0 bridgehead atoms. The van der Waals surface area contributed by atoms with E-state index < -0.39 is 0 Å². The van der Waals surface area contributed by atoms with Crippen molar-refractivity contribution in [2.75, 3.05) is 13.1 Å². The van der Waals surface area contributed by atoms with Gasteiger partial charge in [-0.1, -0.05) is 15.9 Å². The molecule has 0 unspecified atom stereocenters. The van der Waals surface area contributed by atoms with Crippen LogP contribution in [0.1, 0.15) is 18.4 Å². The fourth-order valence-electron chi connectivity index (χ4n) is 2.33. The molecule has 0 N–H and O–H groups in total. The minimum Gasteiger partial charge on any atom is -0.303 e. The maximum absolute atomic E-state index is 11.0. The Morgan fingerprint density at radius 3 is 2.68 bits per heavy atom. The van der Waals surface area contributed by atoms with E-state index in [0.717, 1.165) is 37.8 Å². The van der Waals surface area contributed by atoms with Gasteiger partial charge in [-0.05, 0) is 38.1 Å². The second-order valence-corrected chi connectivity index (χ2v) is 5.70. The monoisotopic (exact) mass is 326 g/mol. The smallest absolute Gasteiger partial charge is 0.275 e. The number of likely N-dealkylation sites (tertiary alicyclic amines) is 1. The number of rotatable bonds is 4. The Hall–Kier alpha value is -1.27. The molecule has 0 amide bonds. The van der Waals surface area contributed by atoms with E-state index in [-0.39, 0.29) is 16.5 Å². The Kier molecular flexibility index (Phi) is 4.66. The summed E-state index contributed by atoms with van der Waals surface area (Å²) < 4.78 is 0.711. The summed E-state index contributed by atoms with van der Waals surface area (Å²) in [5.41, 5.74) is 0.865. The summed E-state index contributed by atoms with van der Waals surface area (Å²) in [4.78, 5) is 23.5. The summed E-state index contributed by atoms with van der Waals surface area (Å²) in [5, 5.41) is 11.0. The van der Waals surface area contributed by atoms with Crippen molar-refractivity contribution >= 4 is 27.9 Å². The maximum atomic E-state index is 11.0. The van der Waals surface area contributed by atoms with Crippen molar-refractivity contribution in [3.63, 3.8) is 0 Å². The molecule has 102 valence electrons. The number of carbonyl (C=O) groups excluding carboxylic acids is 1. The fourth-order valence-corrected chi connectivity index (χ4v) is 2.68. The zero-order valence-corrected chi connectivity index (χ0v) is 12.0. The standard InChI is InChI=1S/C13H15BrN2O3/c14-12-2-1-11(13(7-12)16(18)19)8-15-5-3-10(9-17)4-6-15/h1-2,7,9-10H,3-6,8H2. The third-order valence-corrected chi connectivity index (χ3v) is 3.96. The van der Waals surface area contributed by atoms with Gasteiger partial charge in [-0.25, -0.2) is 0 Å². The van der Waals surface area contributed by atoms with Gasteiger partial charge in [0.1, 0.15) is 6.29 Å². The highest BCUT2D eigenvalue weighted by Crippen LogP contribution is 2.26. The summed E-state index contributed by atoms with van der Waals surface area (Å²) in [6.07, 6.45) is 2.70. The number of benzene rings is 1. The van der Waals surface area contributed by atoms with Gasteiger partial charge < -0.3 is 4.79 Å². The zero-order valence-electron chi connectivity index (χ0n) is 10.4. The number of aldehydes is 1. The lowest BCUT2D eigenvalue weighted by Crippen LogP contribution is -2.33. The second-order valence-electron chi connectivity index (χ2n) is 4.78. The molecular weight excluding hydrogens is 312 g/mol. The van der Waals surface area contributed by atoms with Crippen molar-refractivity contribution < 1.29 is 9.72 Å². The highest BCUT2D eigenvalue weighted by molar-refractivity contribution is 9.10. The summed E-state index contributed by atoms with van der Waals surface area (Å²) in [6.45, 7) is 2.20. The van der Waals surface area contributed by atoms with Crippen LogP contribution in [-0.2, 0) is 11.3 Å². The van der Waals surface area contributed by atoms with Gasteiger partial charge in [-0.15, -0.1) is 0 Å². The second kappa shape index (κ2) is 6.25. The Morgan fingerprint density at radius 1 is 1.42 bits per heavy atom. The lowest BCUT2D eigenvalue weighted by atomic mass is 9.98. The van der Waals surface area contributed by atoms with E-state index in [1.165, 1.54) is 6.07 Å². The minimum atomic E-state index is -0.349. The molecule has 1 aliphatic rings. The van der Waals surface area contributed by atoms with E-state index in [0.29, 0.717) is 11.0 Å². The lowest BCUT2D eigenvalue weighted by molar-refractivity contribution is -0.385. The van der Waals surface area contributed by atoms with Crippen molar-refractivity contribution in [2.24, 2.45) is 5.92 Å². The van der Waals surface area contributed by atoms with Crippen LogP contribution in [0, 0.1) is 16.0 Å². The van der Waals surface area contributed by atoms with Crippen LogP contribution in [0.4, 0.5) is 5.69 Å². The molecule has 0 atom stereocenters. The van der Waals surface area contributed by atoms with Crippen molar-refractivity contribution in [1.82, 2.24) is 4.90 Å². The molecule has 5 nitrogen and oxygen atoms in total. The van der Waals surface area contributed by atoms with Gasteiger partial charge in [0.2, 0.25) is 0 Å². The minimum absolute atomic E-state index is 0.145. The van der Waals surface area contributed by atoms with Crippen molar-refractivity contribution in [2.45, 2.75) is 19.4 Å². The van der Waals surface area contributed by atoms with Gasteiger partial charge in [0.05, 0.1) is 4.92 Å². The molecule has 1 saturated heterocycles. The molecule has 0 radical (unpaired) electrons. The molecule has 0 aliphatic carbocycles. The molecule has 1 aromatic carbocycles. The lowest BCUT2D eigenvalue weighted by Gasteiger charge is -2.29. The number of nitrogens with zero attached hydrogens (tertiary/aromatic N) is 2. The third-order valence-electron chi connectivity index (χ3n) is 3.46. The fraction of sp³-hybridized carbons (Fsp3) is 0.462. The Morgan fingerprint density at radius 2 is 2.11 bits per heavy atom. The van der Waals surface area contributed by atoms with Crippen molar-refractivity contribution in [3.8, 4) is 0 Å². The van der Waals surface area contributed by atoms with Crippen LogP contribution in [0.2, 0.25) is 0 Å². The normalized spacial score (nSPS) is 17.3. The van der Waals surface area contributed by atoms with E-state index in [4.69, 9.17) is 0 Å². The first-order valence-corrected chi connectivity index (χ1v) is 7.00. The molecule has 1 aliphatic heterocycles. The van der Waals surface area contributed by atoms with E-state index in [2.05, 4.69) is 20.8 Å². The number of nitro benzene ring substituents is 1. The molecule has 0 saturated carbocycles. The summed E-state index contributed by atoms with van der Waals surface area (Å²) >= 11 is 3.25. The summed E-state index contributed by atoms with van der Waals surface area (Å²) in [5.74, 6) is 0.149. The SMILES string of the molecule is O=CC1CCN(Cc2ccc(Br)cc2[N+](=O)[O-])CC1. The first-order chi connectivity index (χ1) is 9.10. The first-order valence-electron chi connectivity index (χ1n) is 6.20. The predicted octanol–water partition coefficient (Wildman–Crippen LogP) is 2.77. The number of nitro groups is 1. The number of piperidine rings is 1. The molecule has 1 aromatic rings. The number of halogens is 1. The largest absolute Gasteiger partial charge is 0.303 e. The quantitative estimate of drug-likeness (QED) is 0.485. The van der Waals surface area contributed by atoms with Crippen LogP contribution in [0.3, 0.4) is 0 Å². The molecule has 19 heavy (non-hydrogen) atoms. The van der Waals surface area contributed by atoms with Crippen LogP contribution in [0.25, 0.3) is 0 Å². The summed E-state index contributed by atoms with van der Waals surface area (Å²) in [6, 6.07) is 5.14. The van der Waals surface area contributed by atoms with Crippen molar-refractivity contribution in [3.05, 3.63) is 38.3 Å². The van der Waals surface area contributed by atoms with Gasteiger partial charge in [0, 0.05) is 28.6 Å². The molecular formula is C13H15BrN2O3. The van der Waals surface area contributed by atoms with Gasteiger partial charge in [0.25, 0.3) is 5.69 Å². The molecule has 0 spiro atoms. The van der Waals surface area contributed by atoms with Gasteiger partial charge in [-0.2, -0.15) is 0 Å². The highest BCUT2D eigenvalue weighted by atomic mass is 79.9. The van der Waals surface area contributed by atoms with Gasteiger partial charge >= 0.3 is 0 Å². The molecule has 0 aromatic heterocycles. The topological polar surface area (TPSA) is 63.5 Å². The maximum Gasteiger partial charge on any atom is 0.275 e. The molecule has 2 rings (SSSR count). The number of hydrogen-bond donors (Lipinski definition) is 0. The van der Waals surface area contributed by atoms with Crippen LogP contribution < -0.4 is 0 Å². The third kappa shape index (κ3) is 3.61. The van der Waals surface area contributed by atoms with E-state index >= 15 is 0 Å². The number of carbonyl (C=O) groups is 1. The highest BCUT2D eigenvalue weighted by Gasteiger charge is 2.21. The van der Waals surface area contributed by atoms with Crippen LogP contribution in [0.5, 0.6) is 0 Å². The van der Waals surface area contributed by atoms with Crippen LogP contribution >= 0.6 is 15.9 Å². The van der Waals surface area contributed by atoms with E-state index in [1.54, 1.807) is 6.07 Å². The van der Waals surface area contributed by atoms with Gasteiger partial charge in [0.15, 0.2) is 0 Å². The molecule has 1 heterocycles. The van der Waals surface area contributed by atoms with Crippen LogP contribution in [0.15, 0.2) is 22.7 Å². The first kappa shape index (κ1) is 14.1. The average Bonchev–Trinajstić information content (AvgIpc) is 2.41. The van der Waals surface area contributed by atoms with Crippen molar-refractivity contribution in [1.29, 1.82) is 0 Å². The van der Waals surface area contributed by atoms with Crippen LogP contribution in [-0.4, -0.2) is 29.2 Å². The molecule has 1 fully saturated rings. The Bertz CT molecular complexity index is 485. The number of hydrogen-bond acceptors (Lipinski definition) is 4. The van der Waals surface area contributed by atoms with E-state index in [1.807, 2.05) is 6.07 Å². The predicted molar refractivity (Wildman–Crippen MR) is 74.9 cm³/mol. The molecule has 6 heteroatoms. The van der Waals surface area contributed by atoms with Gasteiger partial charge in [-0.3, -0.25) is 15.0 Å². The summed E-state index contributed by atoms with van der Waals surface area (Å²) in [7, 11) is 0. The zero-order chi connectivity index (χ0) is 13.8. The van der Waals surface area contributed by atoms with E-state index in [9.17, 15) is 14.9 Å².